The normalized spacial score (nSPS) is 18.1. The lowest BCUT2D eigenvalue weighted by atomic mass is 10.1. The highest BCUT2D eigenvalue weighted by Crippen LogP contribution is 2.48. The summed E-state index contributed by atoms with van der Waals surface area (Å²) in [7, 11) is 0. The number of carbonyl (C=O) groups is 2. The summed E-state index contributed by atoms with van der Waals surface area (Å²) in [5, 5.41) is 3.94. The first-order chi connectivity index (χ1) is 12.9. The van der Waals surface area contributed by atoms with Gasteiger partial charge in [0, 0.05) is 29.7 Å². The Hall–Kier alpha value is -2.04. The van der Waals surface area contributed by atoms with Gasteiger partial charge in [-0.25, -0.2) is 0 Å². The quantitative estimate of drug-likeness (QED) is 0.717. The van der Waals surface area contributed by atoms with Crippen molar-refractivity contribution in [1.82, 2.24) is 4.90 Å². The van der Waals surface area contributed by atoms with Crippen molar-refractivity contribution in [2.24, 2.45) is 5.92 Å². The molecule has 0 heterocycles. The number of nitrogens with zero attached hydrogens (tertiary/aromatic N) is 1. The van der Waals surface area contributed by atoms with Crippen molar-refractivity contribution in [3.05, 3.63) is 63.6 Å². The average molecular weight is 405 g/mol. The molecular formula is C21H22Cl2N2O2. The van der Waals surface area contributed by atoms with Gasteiger partial charge < -0.3 is 10.2 Å². The first-order valence-electron chi connectivity index (χ1n) is 9.09. The fourth-order valence-electron chi connectivity index (χ4n) is 3.25. The SMILES string of the molecule is CCN(CC)C(=O)c1ccc(NC(=O)C2CC2c2ccc(Cl)cc2)cc1Cl. The van der Waals surface area contributed by atoms with E-state index in [1.54, 1.807) is 23.1 Å². The van der Waals surface area contributed by atoms with Crippen LogP contribution in [0.15, 0.2) is 42.5 Å². The Morgan fingerprint density at radius 2 is 1.74 bits per heavy atom. The van der Waals surface area contributed by atoms with Gasteiger partial charge in [-0.3, -0.25) is 9.59 Å². The summed E-state index contributed by atoms with van der Waals surface area (Å²) in [5.41, 5.74) is 2.17. The second-order valence-corrected chi connectivity index (χ2v) is 7.51. The number of halogens is 2. The van der Waals surface area contributed by atoms with E-state index >= 15 is 0 Å². The van der Waals surface area contributed by atoms with Gasteiger partial charge in [0.15, 0.2) is 0 Å². The maximum absolute atomic E-state index is 12.5. The van der Waals surface area contributed by atoms with Crippen molar-refractivity contribution in [3.8, 4) is 0 Å². The number of nitrogens with one attached hydrogen (secondary N) is 1. The average Bonchev–Trinajstić information content (AvgIpc) is 3.44. The molecule has 2 aromatic carbocycles. The molecule has 0 spiro atoms. The van der Waals surface area contributed by atoms with Crippen LogP contribution in [0.25, 0.3) is 0 Å². The van der Waals surface area contributed by atoms with Gasteiger partial charge in [-0.1, -0.05) is 35.3 Å². The van der Waals surface area contributed by atoms with Crippen LogP contribution >= 0.6 is 23.2 Å². The van der Waals surface area contributed by atoms with Crippen LogP contribution in [0.5, 0.6) is 0 Å². The van der Waals surface area contributed by atoms with Crippen molar-refractivity contribution in [3.63, 3.8) is 0 Å². The van der Waals surface area contributed by atoms with Crippen LogP contribution in [0.3, 0.4) is 0 Å². The molecule has 0 aliphatic heterocycles. The van der Waals surface area contributed by atoms with Gasteiger partial charge in [-0.2, -0.15) is 0 Å². The predicted molar refractivity (Wildman–Crippen MR) is 110 cm³/mol. The molecule has 1 aliphatic rings. The van der Waals surface area contributed by atoms with E-state index in [1.807, 2.05) is 38.1 Å². The summed E-state index contributed by atoms with van der Waals surface area (Å²) in [6.45, 7) is 5.10. The minimum atomic E-state index is -0.104. The van der Waals surface area contributed by atoms with E-state index in [-0.39, 0.29) is 23.7 Å². The molecule has 2 unspecified atom stereocenters. The zero-order valence-electron chi connectivity index (χ0n) is 15.3. The van der Waals surface area contributed by atoms with Gasteiger partial charge in [0.1, 0.15) is 0 Å². The van der Waals surface area contributed by atoms with Crippen molar-refractivity contribution in [2.75, 3.05) is 18.4 Å². The molecule has 1 N–H and O–H groups in total. The Morgan fingerprint density at radius 3 is 2.33 bits per heavy atom. The fraction of sp³-hybridized carbons (Fsp3) is 0.333. The van der Waals surface area contributed by atoms with Crippen molar-refractivity contribution in [2.45, 2.75) is 26.2 Å². The van der Waals surface area contributed by atoms with E-state index in [2.05, 4.69) is 5.32 Å². The highest BCUT2D eigenvalue weighted by Gasteiger charge is 2.43. The maximum Gasteiger partial charge on any atom is 0.255 e. The molecule has 0 radical (unpaired) electrons. The van der Waals surface area contributed by atoms with Gasteiger partial charge in [0.25, 0.3) is 5.91 Å². The molecule has 2 aromatic rings. The molecule has 0 bridgehead atoms. The minimum Gasteiger partial charge on any atom is -0.339 e. The molecule has 0 aromatic heterocycles. The zero-order chi connectivity index (χ0) is 19.6. The molecule has 142 valence electrons. The van der Waals surface area contributed by atoms with E-state index < -0.39 is 0 Å². The zero-order valence-corrected chi connectivity index (χ0v) is 16.8. The van der Waals surface area contributed by atoms with Crippen molar-refractivity contribution < 1.29 is 9.59 Å². The molecule has 2 atom stereocenters. The number of anilines is 1. The lowest BCUT2D eigenvalue weighted by molar-refractivity contribution is -0.117. The topological polar surface area (TPSA) is 49.4 Å². The lowest BCUT2D eigenvalue weighted by Crippen LogP contribution is -2.30. The number of carbonyl (C=O) groups excluding carboxylic acids is 2. The summed E-state index contributed by atoms with van der Waals surface area (Å²) in [6, 6.07) is 12.6. The third kappa shape index (κ3) is 4.45. The fourth-order valence-corrected chi connectivity index (χ4v) is 3.63. The van der Waals surface area contributed by atoms with E-state index in [1.165, 1.54) is 0 Å². The van der Waals surface area contributed by atoms with Crippen LogP contribution in [0, 0.1) is 5.92 Å². The van der Waals surface area contributed by atoms with Crippen molar-refractivity contribution >= 4 is 40.7 Å². The Morgan fingerprint density at radius 1 is 1.07 bits per heavy atom. The summed E-state index contributed by atoms with van der Waals surface area (Å²) >= 11 is 12.2. The first-order valence-corrected chi connectivity index (χ1v) is 9.85. The number of benzene rings is 2. The van der Waals surface area contributed by atoms with E-state index in [9.17, 15) is 9.59 Å². The lowest BCUT2D eigenvalue weighted by Gasteiger charge is -2.19. The Labute approximate surface area is 169 Å². The molecule has 1 saturated carbocycles. The third-order valence-corrected chi connectivity index (χ3v) is 5.51. The summed E-state index contributed by atoms with van der Waals surface area (Å²) in [4.78, 5) is 26.7. The van der Waals surface area contributed by atoms with Crippen LogP contribution in [0.4, 0.5) is 5.69 Å². The van der Waals surface area contributed by atoms with E-state index in [0.29, 0.717) is 34.4 Å². The number of amides is 2. The molecule has 6 heteroatoms. The molecule has 1 aliphatic carbocycles. The maximum atomic E-state index is 12.5. The largest absolute Gasteiger partial charge is 0.339 e. The minimum absolute atomic E-state index is 0.0335. The molecule has 3 rings (SSSR count). The highest BCUT2D eigenvalue weighted by molar-refractivity contribution is 6.34. The highest BCUT2D eigenvalue weighted by atomic mass is 35.5. The summed E-state index contributed by atoms with van der Waals surface area (Å²) in [6.07, 6.45) is 0.819. The smallest absolute Gasteiger partial charge is 0.255 e. The van der Waals surface area contributed by atoms with Crippen LogP contribution in [0.2, 0.25) is 10.0 Å². The predicted octanol–water partition coefficient (Wildman–Crippen LogP) is 5.22. The molecular weight excluding hydrogens is 383 g/mol. The van der Waals surface area contributed by atoms with Crippen LogP contribution in [0.1, 0.15) is 42.1 Å². The van der Waals surface area contributed by atoms with Gasteiger partial charge in [-0.05, 0) is 62.1 Å². The van der Waals surface area contributed by atoms with Gasteiger partial charge in [0.05, 0.1) is 10.6 Å². The molecule has 1 fully saturated rings. The van der Waals surface area contributed by atoms with Crippen LogP contribution < -0.4 is 5.32 Å². The third-order valence-electron chi connectivity index (χ3n) is 4.94. The van der Waals surface area contributed by atoms with Crippen LogP contribution in [-0.2, 0) is 4.79 Å². The van der Waals surface area contributed by atoms with Crippen molar-refractivity contribution in [1.29, 1.82) is 0 Å². The monoisotopic (exact) mass is 404 g/mol. The van der Waals surface area contributed by atoms with Gasteiger partial charge in [-0.15, -0.1) is 0 Å². The first kappa shape index (κ1) is 19.7. The van der Waals surface area contributed by atoms with E-state index in [4.69, 9.17) is 23.2 Å². The number of hydrogen-bond acceptors (Lipinski definition) is 2. The summed E-state index contributed by atoms with van der Waals surface area (Å²) < 4.78 is 0. The van der Waals surface area contributed by atoms with Gasteiger partial charge >= 0.3 is 0 Å². The second kappa shape index (κ2) is 8.32. The molecule has 2 amide bonds. The molecule has 0 saturated heterocycles. The number of rotatable bonds is 6. The standard InChI is InChI=1S/C21H22Cl2N2O2/c1-3-25(4-2)21(27)16-10-9-15(11-19(16)23)24-20(26)18-12-17(18)13-5-7-14(22)8-6-13/h5-11,17-18H,3-4,12H2,1-2H3,(H,24,26). The number of hydrogen-bond donors (Lipinski definition) is 1. The van der Waals surface area contributed by atoms with E-state index in [0.717, 1.165) is 12.0 Å². The molecule has 4 nitrogen and oxygen atoms in total. The molecule has 27 heavy (non-hydrogen) atoms. The Bertz CT molecular complexity index is 848. The van der Waals surface area contributed by atoms with Crippen LogP contribution in [-0.4, -0.2) is 29.8 Å². The summed E-state index contributed by atoms with van der Waals surface area (Å²) in [5.74, 6) is 0.0323. The Kier molecular flexibility index (Phi) is 6.08. The Balaban J connectivity index is 1.64. The van der Waals surface area contributed by atoms with Gasteiger partial charge in [0.2, 0.25) is 5.91 Å². The second-order valence-electron chi connectivity index (χ2n) is 6.66.